The molecule has 0 N–H and O–H groups in total. The van der Waals surface area contributed by atoms with Crippen LogP contribution in [0.1, 0.15) is 25.0 Å². The molecule has 0 saturated carbocycles. The Labute approximate surface area is 96.1 Å². The van der Waals surface area contributed by atoms with Crippen LogP contribution in [-0.2, 0) is 6.42 Å². The standard InChI is InChI=1S/C13H17NO2/c1-3-15-12-7-10-5-6-14-9-11(10)8-13(12)16-4-2/h7-9H,3-6H2,1-2H3. The van der Waals surface area contributed by atoms with Crippen LogP contribution in [0.2, 0.25) is 0 Å². The molecule has 1 heterocycles. The first-order valence-corrected chi connectivity index (χ1v) is 5.77. The van der Waals surface area contributed by atoms with Gasteiger partial charge in [-0.2, -0.15) is 0 Å². The van der Waals surface area contributed by atoms with Crippen molar-refractivity contribution < 1.29 is 9.47 Å². The van der Waals surface area contributed by atoms with Gasteiger partial charge in [0.15, 0.2) is 11.5 Å². The molecular formula is C13H17NO2. The zero-order valence-corrected chi connectivity index (χ0v) is 9.82. The number of nitrogens with zero attached hydrogens (tertiary/aromatic N) is 1. The zero-order chi connectivity index (χ0) is 11.4. The molecule has 0 spiro atoms. The third-order valence-electron chi connectivity index (χ3n) is 2.55. The summed E-state index contributed by atoms with van der Waals surface area (Å²) in [6, 6.07) is 4.10. The van der Waals surface area contributed by atoms with Gasteiger partial charge in [-0.3, -0.25) is 4.99 Å². The van der Waals surface area contributed by atoms with Gasteiger partial charge in [0.05, 0.1) is 13.2 Å². The lowest BCUT2D eigenvalue weighted by Gasteiger charge is -2.16. The van der Waals surface area contributed by atoms with Gasteiger partial charge in [-0.1, -0.05) is 0 Å². The fourth-order valence-corrected chi connectivity index (χ4v) is 1.84. The number of aliphatic imine (C=N–C) groups is 1. The van der Waals surface area contributed by atoms with E-state index in [1.54, 1.807) is 0 Å². The molecule has 0 bridgehead atoms. The lowest BCUT2D eigenvalue weighted by Crippen LogP contribution is -2.06. The van der Waals surface area contributed by atoms with Gasteiger partial charge in [0.1, 0.15) is 0 Å². The largest absolute Gasteiger partial charge is 0.490 e. The highest BCUT2D eigenvalue weighted by Gasteiger charge is 2.12. The van der Waals surface area contributed by atoms with Crippen LogP contribution in [0.3, 0.4) is 0 Å². The first kappa shape index (κ1) is 11.0. The van der Waals surface area contributed by atoms with Gasteiger partial charge in [0.2, 0.25) is 0 Å². The van der Waals surface area contributed by atoms with E-state index in [1.807, 2.05) is 26.1 Å². The summed E-state index contributed by atoms with van der Waals surface area (Å²) in [5, 5.41) is 0. The summed E-state index contributed by atoms with van der Waals surface area (Å²) in [5.41, 5.74) is 2.44. The van der Waals surface area contributed by atoms with E-state index in [9.17, 15) is 0 Å². The van der Waals surface area contributed by atoms with Gasteiger partial charge < -0.3 is 9.47 Å². The van der Waals surface area contributed by atoms with Crippen LogP contribution in [0.25, 0.3) is 0 Å². The highest BCUT2D eigenvalue weighted by atomic mass is 16.5. The second-order valence-corrected chi connectivity index (χ2v) is 3.65. The average Bonchev–Trinajstić information content (AvgIpc) is 2.30. The number of benzene rings is 1. The summed E-state index contributed by atoms with van der Waals surface area (Å²) in [6.45, 7) is 6.13. The van der Waals surface area contributed by atoms with Crippen molar-refractivity contribution in [2.24, 2.45) is 4.99 Å². The van der Waals surface area contributed by atoms with Crippen LogP contribution in [0, 0.1) is 0 Å². The van der Waals surface area contributed by atoms with E-state index >= 15 is 0 Å². The molecule has 86 valence electrons. The Morgan fingerprint density at radius 3 is 2.50 bits per heavy atom. The quantitative estimate of drug-likeness (QED) is 0.778. The van der Waals surface area contributed by atoms with Crippen LogP contribution < -0.4 is 9.47 Å². The summed E-state index contributed by atoms with van der Waals surface area (Å²) in [7, 11) is 0. The van der Waals surface area contributed by atoms with E-state index < -0.39 is 0 Å². The van der Waals surface area contributed by atoms with Crippen molar-refractivity contribution in [3.63, 3.8) is 0 Å². The zero-order valence-electron chi connectivity index (χ0n) is 9.82. The third kappa shape index (κ3) is 2.18. The molecule has 0 saturated heterocycles. The van der Waals surface area contributed by atoms with Gasteiger partial charge in [0.25, 0.3) is 0 Å². The summed E-state index contributed by atoms with van der Waals surface area (Å²) < 4.78 is 11.2. The molecular weight excluding hydrogens is 202 g/mol. The summed E-state index contributed by atoms with van der Waals surface area (Å²) in [6.07, 6.45) is 2.90. The van der Waals surface area contributed by atoms with Gasteiger partial charge in [-0.15, -0.1) is 0 Å². The molecule has 0 amide bonds. The van der Waals surface area contributed by atoms with E-state index in [-0.39, 0.29) is 0 Å². The molecule has 1 aliphatic heterocycles. The Balaban J connectivity index is 2.38. The number of hydrogen-bond donors (Lipinski definition) is 0. The second kappa shape index (κ2) is 5.01. The van der Waals surface area contributed by atoms with Crippen molar-refractivity contribution in [1.29, 1.82) is 0 Å². The maximum atomic E-state index is 5.59. The van der Waals surface area contributed by atoms with Crippen LogP contribution >= 0.6 is 0 Å². The fraction of sp³-hybridized carbons (Fsp3) is 0.462. The van der Waals surface area contributed by atoms with E-state index in [4.69, 9.17) is 9.47 Å². The molecule has 0 aliphatic carbocycles. The molecule has 1 aromatic rings. The van der Waals surface area contributed by atoms with Crippen LogP contribution in [0.15, 0.2) is 17.1 Å². The molecule has 0 aromatic heterocycles. The lowest BCUT2D eigenvalue weighted by molar-refractivity contribution is 0.287. The van der Waals surface area contributed by atoms with E-state index in [0.717, 1.165) is 30.0 Å². The molecule has 2 rings (SSSR count). The minimum Gasteiger partial charge on any atom is -0.490 e. The van der Waals surface area contributed by atoms with Gasteiger partial charge in [-0.25, -0.2) is 0 Å². The number of ether oxygens (including phenoxy) is 2. The Hall–Kier alpha value is -1.51. The number of rotatable bonds is 4. The van der Waals surface area contributed by atoms with Crippen molar-refractivity contribution in [3.8, 4) is 11.5 Å². The number of fused-ring (bicyclic) bond motifs is 1. The Bertz CT molecular complexity index is 399. The predicted octanol–water partition coefficient (Wildman–Crippen LogP) is 2.46. The first-order chi connectivity index (χ1) is 7.85. The van der Waals surface area contributed by atoms with Gasteiger partial charge >= 0.3 is 0 Å². The maximum absolute atomic E-state index is 5.59. The van der Waals surface area contributed by atoms with E-state index in [0.29, 0.717) is 13.2 Å². The molecule has 3 nitrogen and oxygen atoms in total. The Morgan fingerprint density at radius 2 is 1.81 bits per heavy atom. The summed E-state index contributed by atoms with van der Waals surface area (Å²) >= 11 is 0. The minimum absolute atomic E-state index is 0.649. The SMILES string of the molecule is CCOc1cc2c(cc1OCC)CCN=C2. The van der Waals surface area contributed by atoms with Gasteiger partial charge in [-0.05, 0) is 43.5 Å². The Morgan fingerprint density at radius 1 is 1.12 bits per heavy atom. The average molecular weight is 219 g/mol. The minimum atomic E-state index is 0.649. The molecule has 0 unspecified atom stereocenters. The highest BCUT2D eigenvalue weighted by molar-refractivity contribution is 5.84. The molecule has 16 heavy (non-hydrogen) atoms. The predicted molar refractivity (Wildman–Crippen MR) is 64.9 cm³/mol. The molecule has 0 radical (unpaired) electrons. The topological polar surface area (TPSA) is 30.8 Å². The van der Waals surface area contributed by atoms with Crippen molar-refractivity contribution in [1.82, 2.24) is 0 Å². The van der Waals surface area contributed by atoms with Crippen molar-refractivity contribution in [3.05, 3.63) is 23.3 Å². The molecule has 0 atom stereocenters. The molecule has 1 aliphatic rings. The normalized spacial score (nSPS) is 13.4. The highest BCUT2D eigenvalue weighted by Crippen LogP contribution is 2.31. The molecule has 1 aromatic carbocycles. The van der Waals surface area contributed by atoms with Crippen molar-refractivity contribution >= 4 is 6.21 Å². The summed E-state index contributed by atoms with van der Waals surface area (Å²) in [4.78, 5) is 4.27. The fourth-order valence-electron chi connectivity index (χ4n) is 1.84. The van der Waals surface area contributed by atoms with Crippen LogP contribution in [-0.4, -0.2) is 26.0 Å². The monoisotopic (exact) mass is 219 g/mol. The van der Waals surface area contributed by atoms with Gasteiger partial charge in [0, 0.05) is 12.8 Å². The van der Waals surface area contributed by atoms with E-state index in [1.165, 1.54) is 5.56 Å². The second-order valence-electron chi connectivity index (χ2n) is 3.65. The van der Waals surface area contributed by atoms with Crippen LogP contribution in [0.5, 0.6) is 11.5 Å². The van der Waals surface area contributed by atoms with Crippen molar-refractivity contribution in [2.45, 2.75) is 20.3 Å². The van der Waals surface area contributed by atoms with E-state index in [2.05, 4.69) is 11.1 Å². The maximum Gasteiger partial charge on any atom is 0.161 e. The Kier molecular flexibility index (Phi) is 3.44. The van der Waals surface area contributed by atoms with Crippen LogP contribution in [0.4, 0.5) is 0 Å². The molecule has 0 fully saturated rings. The first-order valence-electron chi connectivity index (χ1n) is 5.77. The number of hydrogen-bond acceptors (Lipinski definition) is 3. The van der Waals surface area contributed by atoms with Crippen molar-refractivity contribution in [2.75, 3.05) is 19.8 Å². The third-order valence-corrected chi connectivity index (χ3v) is 2.55. The smallest absolute Gasteiger partial charge is 0.161 e. The molecule has 3 heteroatoms. The summed E-state index contributed by atoms with van der Waals surface area (Å²) in [5.74, 6) is 1.66. The lowest BCUT2D eigenvalue weighted by atomic mass is 10.0.